The van der Waals surface area contributed by atoms with Gasteiger partial charge < -0.3 is 4.74 Å². The Hall–Kier alpha value is -2.80. The summed E-state index contributed by atoms with van der Waals surface area (Å²) >= 11 is 1.40. The molecule has 1 N–H and O–H groups in total. The number of thiazole rings is 1. The number of hydrogen-bond acceptors (Lipinski definition) is 6. The van der Waals surface area contributed by atoms with Crippen molar-refractivity contribution in [2.75, 3.05) is 11.9 Å². The van der Waals surface area contributed by atoms with E-state index in [4.69, 9.17) is 4.74 Å². The van der Waals surface area contributed by atoms with Gasteiger partial charge in [-0.1, -0.05) is 18.2 Å². The Morgan fingerprint density at radius 1 is 1.19 bits per heavy atom. The molecule has 27 heavy (non-hydrogen) atoms. The third kappa shape index (κ3) is 3.42. The van der Waals surface area contributed by atoms with Crippen LogP contribution in [0.25, 0.3) is 10.9 Å². The molecule has 1 aliphatic carbocycles. The van der Waals surface area contributed by atoms with Crippen molar-refractivity contribution >= 4 is 39.2 Å². The molecule has 3 aromatic rings. The molecule has 0 atom stereocenters. The van der Waals surface area contributed by atoms with Gasteiger partial charge in [0, 0.05) is 16.0 Å². The first-order valence-electron chi connectivity index (χ1n) is 8.84. The highest BCUT2D eigenvalue weighted by molar-refractivity contribution is 7.15. The van der Waals surface area contributed by atoms with Crippen molar-refractivity contribution in [1.29, 1.82) is 0 Å². The van der Waals surface area contributed by atoms with Crippen molar-refractivity contribution in [1.82, 2.24) is 9.97 Å². The van der Waals surface area contributed by atoms with E-state index in [0.717, 1.165) is 52.0 Å². The number of anilines is 1. The standard InChI is InChI=1S/C20H19N3O3S/c1-11-12(2)27-20(21-11)23-17(24)10-26-19(25)18-13-6-3-4-8-15(13)22-16-9-5-7-14(16)18/h3-4,6,8H,5,7,9-10H2,1-2H3,(H,21,23,24). The topological polar surface area (TPSA) is 81.2 Å². The molecule has 7 heteroatoms. The predicted molar refractivity (Wildman–Crippen MR) is 104 cm³/mol. The Kier molecular flexibility index (Phi) is 4.61. The Bertz CT molecular complexity index is 1040. The van der Waals surface area contributed by atoms with Crippen LogP contribution in [0.4, 0.5) is 5.13 Å². The third-order valence-corrected chi connectivity index (χ3v) is 5.72. The van der Waals surface area contributed by atoms with Gasteiger partial charge in [-0.15, -0.1) is 11.3 Å². The van der Waals surface area contributed by atoms with Gasteiger partial charge in [0.25, 0.3) is 5.91 Å². The minimum atomic E-state index is -0.478. The number of nitrogens with zero attached hydrogens (tertiary/aromatic N) is 2. The molecule has 138 valence electrons. The molecule has 0 aliphatic heterocycles. The Balaban J connectivity index is 1.52. The van der Waals surface area contributed by atoms with Crippen molar-refractivity contribution in [3.8, 4) is 0 Å². The maximum absolute atomic E-state index is 12.8. The molecule has 0 radical (unpaired) electrons. The van der Waals surface area contributed by atoms with Gasteiger partial charge in [0.1, 0.15) is 0 Å². The summed E-state index contributed by atoms with van der Waals surface area (Å²) in [5.41, 5.74) is 4.11. The summed E-state index contributed by atoms with van der Waals surface area (Å²) in [6.45, 7) is 3.48. The summed E-state index contributed by atoms with van der Waals surface area (Å²) in [5, 5.41) is 3.97. The number of hydrogen-bond donors (Lipinski definition) is 1. The van der Waals surface area contributed by atoms with Crippen LogP contribution in [0.1, 0.15) is 38.6 Å². The van der Waals surface area contributed by atoms with E-state index in [2.05, 4.69) is 15.3 Å². The molecule has 1 aromatic carbocycles. The van der Waals surface area contributed by atoms with E-state index < -0.39 is 11.9 Å². The predicted octanol–water partition coefficient (Wildman–Crippen LogP) is 3.59. The Morgan fingerprint density at radius 3 is 2.78 bits per heavy atom. The molecule has 0 bridgehead atoms. The number of pyridine rings is 1. The molecular formula is C20H19N3O3S. The van der Waals surface area contributed by atoms with Crippen LogP contribution >= 0.6 is 11.3 Å². The summed E-state index contributed by atoms with van der Waals surface area (Å²) in [6.07, 6.45) is 2.65. The van der Waals surface area contributed by atoms with E-state index in [1.54, 1.807) is 0 Å². The highest BCUT2D eigenvalue weighted by Gasteiger charge is 2.25. The molecule has 0 saturated heterocycles. The number of aromatic nitrogens is 2. The lowest BCUT2D eigenvalue weighted by Crippen LogP contribution is -2.21. The average molecular weight is 381 g/mol. The molecule has 1 aliphatic rings. The number of para-hydroxylation sites is 1. The number of benzene rings is 1. The zero-order valence-electron chi connectivity index (χ0n) is 15.2. The average Bonchev–Trinajstić information content (AvgIpc) is 3.23. The van der Waals surface area contributed by atoms with Crippen LogP contribution in [0.3, 0.4) is 0 Å². The molecule has 0 saturated carbocycles. The molecule has 0 fully saturated rings. The highest BCUT2D eigenvalue weighted by atomic mass is 32.1. The quantitative estimate of drug-likeness (QED) is 0.699. The molecule has 2 aromatic heterocycles. The second-order valence-electron chi connectivity index (χ2n) is 6.57. The van der Waals surface area contributed by atoms with E-state index in [9.17, 15) is 9.59 Å². The minimum absolute atomic E-state index is 0.345. The lowest BCUT2D eigenvalue weighted by molar-refractivity contribution is -0.119. The molecule has 2 heterocycles. The normalized spacial score (nSPS) is 12.8. The number of aryl methyl sites for hydroxylation is 3. The summed E-state index contributed by atoms with van der Waals surface area (Å²) in [7, 11) is 0. The van der Waals surface area contributed by atoms with Crippen LogP contribution in [0.2, 0.25) is 0 Å². The molecular weight excluding hydrogens is 362 g/mol. The second kappa shape index (κ2) is 7.08. The van der Waals surface area contributed by atoms with Gasteiger partial charge in [-0.25, -0.2) is 9.78 Å². The number of amides is 1. The van der Waals surface area contributed by atoms with Crippen molar-refractivity contribution in [3.63, 3.8) is 0 Å². The Morgan fingerprint density at radius 2 is 2.00 bits per heavy atom. The molecule has 6 nitrogen and oxygen atoms in total. The van der Waals surface area contributed by atoms with Gasteiger partial charge in [0.2, 0.25) is 0 Å². The molecule has 4 rings (SSSR count). The van der Waals surface area contributed by atoms with Gasteiger partial charge in [-0.3, -0.25) is 15.1 Å². The van der Waals surface area contributed by atoms with E-state index in [1.165, 1.54) is 11.3 Å². The van der Waals surface area contributed by atoms with Crippen LogP contribution in [-0.2, 0) is 22.4 Å². The molecule has 0 spiro atoms. The zero-order valence-corrected chi connectivity index (χ0v) is 16.0. The van der Waals surface area contributed by atoms with Gasteiger partial charge in [-0.05, 0) is 44.7 Å². The number of rotatable bonds is 4. The van der Waals surface area contributed by atoms with Gasteiger partial charge in [0.05, 0.1) is 16.8 Å². The lowest BCUT2D eigenvalue weighted by atomic mass is 10.0. The maximum Gasteiger partial charge on any atom is 0.339 e. The van der Waals surface area contributed by atoms with E-state index in [-0.39, 0.29) is 6.61 Å². The number of esters is 1. The fourth-order valence-corrected chi connectivity index (χ4v) is 4.16. The van der Waals surface area contributed by atoms with Crippen LogP contribution in [0.15, 0.2) is 24.3 Å². The highest BCUT2D eigenvalue weighted by Crippen LogP contribution is 2.30. The zero-order chi connectivity index (χ0) is 19.0. The first-order chi connectivity index (χ1) is 13.0. The first-order valence-corrected chi connectivity index (χ1v) is 9.66. The minimum Gasteiger partial charge on any atom is -0.452 e. The summed E-state index contributed by atoms with van der Waals surface area (Å²) < 4.78 is 5.33. The first kappa shape index (κ1) is 17.6. The van der Waals surface area contributed by atoms with Gasteiger partial charge in [0.15, 0.2) is 11.7 Å². The van der Waals surface area contributed by atoms with Crippen molar-refractivity contribution in [2.24, 2.45) is 0 Å². The van der Waals surface area contributed by atoms with Crippen molar-refractivity contribution in [2.45, 2.75) is 33.1 Å². The van der Waals surface area contributed by atoms with Crippen LogP contribution in [0, 0.1) is 13.8 Å². The van der Waals surface area contributed by atoms with E-state index >= 15 is 0 Å². The molecule has 1 amide bonds. The summed E-state index contributed by atoms with van der Waals surface area (Å²) in [5.74, 6) is -0.875. The van der Waals surface area contributed by atoms with Gasteiger partial charge in [-0.2, -0.15) is 0 Å². The second-order valence-corrected chi connectivity index (χ2v) is 7.77. The van der Waals surface area contributed by atoms with E-state index in [0.29, 0.717) is 10.7 Å². The fraction of sp³-hybridized carbons (Fsp3) is 0.300. The third-order valence-electron chi connectivity index (χ3n) is 4.73. The summed E-state index contributed by atoms with van der Waals surface area (Å²) in [6, 6.07) is 7.54. The smallest absolute Gasteiger partial charge is 0.339 e. The number of nitrogens with one attached hydrogen (secondary N) is 1. The number of carbonyl (C=O) groups is 2. The maximum atomic E-state index is 12.8. The SMILES string of the molecule is Cc1nc(NC(=O)COC(=O)c2c3c(nc4ccccc24)CCC3)sc1C. The number of fused-ring (bicyclic) bond motifs is 2. The van der Waals surface area contributed by atoms with Crippen molar-refractivity contribution in [3.05, 3.63) is 51.7 Å². The number of ether oxygens (including phenoxy) is 1. The Labute approximate surface area is 160 Å². The molecule has 0 unspecified atom stereocenters. The monoisotopic (exact) mass is 381 g/mol. The van der Waals surface area contributed by atoms with E-state index in [1.807, 2.05) is 38.1 Å². The van der Waals surface area contributed by atoms with Crippen LogP contribution < -0.4 is 5.32 Å². The summed E-state index contributed by atoms with van der Waals surface area (Å²) in [4.78, 5) is 34.9. The fourth-order valence-electron chi connectivity index (χ4n) is 3.33. The lowest BCUT2D eigenvalue weighted by Gasteiger charge is -2.12. The largest absolute Gasteiger partial charge is 0.452 e. The number of carbonyl (C=O) groups excluding carboxylic acids is 2. The van der Waals surface area contributed by atoms with Gasteiger partial charge >= 0.3 is 5.97 Å². The van der Waals surface area contributed by atoms with Crippen LogP contribution in [0.5, 0.6) is 0 Å². The van der Waals surface area contributed by atoms with Crippen LogP contribution in [-0.4, -0.2) is 28.5 Å². The van der Waals surface area contributed by atoms with Crippen molar-refractivity contribution < 1.29 is 14.3 Å².